The van der Waals surface area contributed by atoms with Gasteiger partial charge in [0, 0.05) is 21.8 Å². The minimum absolute atomic E-state index is 0.158. The number of anilines is 2. The minimum atomic E-state index is -3.72. The van der Waals surface area contributed by atoms with Gasteiger partial charge in [-0.3, -0.25) is 10.0 Å². The standard InChI is InChI=1S/C25H22ClN3O5S/c1-16-23(27-25(30)33-17(2)21-10-6-7-11-22(21)26)24(34-28-16)18-12-14-19(15-13-18)29-35(31,32)20-8-4-3-5-9-20/h3-15,17,29H,1-2H3,(H,27,30). The number of nitrogens with one attached hydrogen (secondary N) is 2. The Kier molecular flexibility index (Phi) is 7.09. The fourth-order valence-corrected chi connectivity index (χ4v) is 4.75. The molecule has 2 N–H and O–H groups in total. The quantitative estimate of drug-likeness (QED) is 0.296. The summed E-state index contributed by atoms with van der Waals surface area (Å²) in [6.07, 6.45) is -1.28. The molecule has 1 atom stereocenters. The van der Waals surface area contributed by atoms with Crippen LogP contribution in [0.3, 0.4) is 0 Å². The SMILES string of the molecule is Cc1noc(-c2ccc(NS(=O)(=O)c3ccccc3)cc2)c1NC(=O)OC(C)c1ccccc1Cl. The molecule has 35 heavy (non-hydrogen) atoms. The Morgan fingerprint density at radius 2 is 1.66 bits per heavy atom. The summed E-state index contributed by atoms with van der Waals surface area (Å²) in [7, 11) is -3.72. The van der Waals surface area contributed by atoms with Crippen molar-refractivity contribution in [1.82, 2.24) is 5.16 Å². The first-order valence-corrected chi connectivity index (χ1v) is 12.5. The molecular weight excluding hydrogens is 490 g/mol. The lowest BCUT2D eigenvalue weighted by Gasteiger charge is -2.15. The Morgan fingerprint density at radius 1 is 1.00 bits per heavy atom. The van der Waals surface area contributed by atoms with Crippen LogP contribution < -0.4 is 10.0 Å². The smallest absolute Gasteiger partial charge is 0.412 e. The molecular formula is C25H22ClN3O5S. The van der Waals surface area contributed by atoms with Crippen LogP contribution in [0.2, 0.25) is 5.02 Å². The summed E-state index contributed by atoms with van der Waals surface area (Å²) in [5.41, 5.74) is 2.44. The molecule has 180 valence electrons. The van der Waals surface area contributed by atoms with Crippen LogP contribution in [0.4, 0.5) is 16.2 Å². The zero-order valence-corrected chi connectivity index (χ0v) is 20.4. The summed E-state index contributed by atoms with van der Waals surface area (Å²) in [6.45, 7) is 3.40. The fourth-order valence-electron chi connectivity index (χ4n) is 3.38. The number of nitrogens with zero attached hydrogens (tertiary/aromatic N) is 1. The number of ether oxygens (including phenoxy) is 1. The first-order valence-electron chi connectivity index (χ1n) is 10.6. The topological polar surface area (TPSA) is 111 Å². The van der Waals surface area contributed by atoms with Crippen LogP contribution in [0, 0.1) is 6.92 Å². The molecule has 1 heterocycles. The number of amides is 1. The molecule has 0 bridgehead atoms. The molecule has 0 aliphatic heterocycles. The summed E-state index contributed by atoms with van der Waals surface area (Å²) < 4.78 is 38.5. The third kappa shape index (κ3) is 5.64. The fraction of sp³-hybridized carbons (Fsp3) is 0.120. The van der Waals surface area contributed by atoms with E-state index in [1.165, 1.54) is 12.1 Å². The van der Waals surface area contributed by atoms with E-state index in [0.717, 1.165) is 0 Å². The average molecular weight is 512 g/mol. The van der Waals surface area contributed by atoms with Gasteiger partial charge in [0.05, 0.1) is 4.90 Å². The predicted molar refractivity (Wildman–Crippen MR) is 134 cm³/mol. The zero-order valence-electron chi connectivity index (χ0n) is 18.9. The molecule has 0 radical (unpaired) electrons. The van der Waals surface area contributed by atoms with Crippen LogP contribution in [0.1, 0.15) is 24.3 Å². The van der Waals surface area contributed by atoms with E-state index in [9.17, 15) is 13.2 Å². The van der Waals surface area contributed by atoms with Gasteiger partial charge in [0.25, 0.3) is 10.0 Å². The van der Waals surface area contributed by atoms with Crippen molar-refractivity contribution in [1.29, 1.82) is 0 Å². The molecule has 1 unspecified atom stereocenters. The highest BCUT2D eigenvalue weighted by Crippen LogP contribution is 2.33. The van der Waals surface area contributed by atoms with E-state index in [0.29, 0.717) is 39.0 Å². The van der Waals surface area contributed by atoms with Crippen LogP contribution in [0.25, 0.3) is 11.3 Å². The second-order valence-corrected chi connectivity index (χ2v) is 9.75. The number of benzene rings is 3. The molecule has 1 amide bonds. The Morgan fingerprint density at radius 3 is 2.34 bits per heavy atom. The van der Waals surface area contributed by atoms with Crippen LogP contribution >= 0.6 is 11.6 Å². The number of carbonyl (C=O) groups is 1. The van der Waals surface area contributed by atoms with Gasteiger partial charge in [-0.1, -0.05) is 53.2 Å². The first kappa shape index (κ1) is 24.3. The third-order valence-corrected chi connectivity index (χ3v) is 6.91. The van der Waals surface area contributed by atoms with E-state index in [1.54, 1.807) is 74.5 Å². The van der Waals surface area contributed by atoms with Gasteiger partial charge in [0.15, 0.2) is 5.76 Å². The summed E-state index contributed by atoms with van der Waals surface area (Å²) in [5, 5.41) is 7.12. The predicted octanol–water partition coefficient (Wildman–Crippen LogP) is 6.41. The molecule has 1 aromatic heterocycles. The third-order valence-electron chi connectivity index (χ3n) is 5.17. The number of halogens is 1. The Bertz CT molecular complexity index is 1440. The van der Waals surface area contributed by atoms with Crippen molar-refractivity contribution in [2.75, 3.05) is 10.0 Å². The normalized spacial score (nSPS) is 12.1. The van der Waals surface area contributed by atoms with Gasteiger partial charge in [-0.2, -0.15) is 0 Å². The molecule has 3 aromatic carbocycles. The van der Waals surface area contributed by atoms with E-state index in [-0.39, 0.29) is 4.90 Å². The monoisotopic (exact) mass is 511 g/mol. The van der Waals surface area contributed by atoms with E-state index in [4.69, 9.17) is 20.9 Å². The van der Waals surface area contributed by atoms with Crippen molar-refractivity contribution in [3.63, 3.8) is 0 Å². The van der Waals surface area contributed by atoms with Crippen molar-refractivity contribution < 1.29 is 22.5 Å². The maximum atomic E-state index is 12.6. The van der Waals surface area contributed by atoms with Crippen molar-refractivity contribution in [2.24, 2.45) is 0 Å². The molecule has 0 saturated heterocycles. The highest BCUT2D eigenvalue weighted by Gasteiger charge is 2.21. The summed E-state index contributed by atoms with van der Waals surface area (Å²) in [4.78, 5) is 12.7. The molecule has 8 nitrogen and oxygen atoms in total. The number of hydrogen-bond donors (Lipinski definition) is 2. The van der Waals surface area contributed by atoms with E-state index < -0.39 is 22.2 Å². The lowest BCUT2D eigenvalue weighted by molar-refractivity contribution is 0.121. The van der Waals surface area contributed by atoms with E-state index in [1.807, 2.05) is 6.07 Å². The van der Waals surface area contributed by atoms with Gasteiger partial charge in [0.2, 0.25) is 0 Å². The lowest BCUT2D eigenvalue weighted by atomic mass is 10.1. The molecule has 4 aromatic rings. The number of sulfonamides is 1. The van der Waals surface area contributed by atoms with Gasteiger partial charge in [-0.05, 0) is 56.3 Å². The Hall–Kier alpha value is -3.82. The molecule has 0 saturated carbocycles. The van der Waals surface area contributed by atoms with E-state index in [2.05, 4.69) is 15.2 Å². The average Bonchev–Trinajstić information content (AvgIpc) is 3.20. The van der Waals surface area contributed by atoms with Crippen LogP contribution in [0.5, 0.6) is 0 Å². The van der Waals surface area contributed by atoms with Crippen LogP contribution in [-0.4, -0.2) is 19.7 Å². The molecule has 0 spiro atoms. The summed E-state index contributed by atoms with van der Waals surface area (Å²) >= 11 is 6.18. The molecule has 0 fully saturated rings. The number of aryl methyl sites for hydroxylation is 1. The highest BCUT2D eigenvalue weighted by atomic mass is 35.5. The molecule has 0 aliphatic rings. The second-order valence-electron chi connectivity index (χ2n) is 7.66. The van der Waals surface area contributed by atoms with Crippen molar-refractivity contribution in [2.45, 2.75) is 24.8 Å². The molecule has 0 aliphatic carbocycles. The number of aromatic nitrogens is 1. The highest BCUT2D eigenvalue weighted by molar-refractivity contribution is 7.92. The van der Waals surface area contributed by atoms with Gasteiger partial charge in [-0.15, -0.1) is 0 Å². The summed E-state index contributed by atoms with van der Waals surface area (Å²) in [6, 6.07) is 21.7. The van der Waals surface area contributed by atoms with Crippen LogP contribution in [-0.2, 0) is 14.8 Å². The largest absolute Gasteiger partial charge is 0.441 e. The van der Waals surface area contributed by atoms with Gasteiger partial charge in [0.1, 0.15) is 17.5 Å². The maximum Gasteiger partial charge on any atom is 0.412 e. The van der Waals surface area contributed by atoms with Crippen molar-refractivity contribution in [3.05, 3.63) is 95.1 Å². The van der Waals surface area contributed by atoms with Gasteiger partial charge >= 0.3 is 6.09 Å². The molecule has 10 heteroatoms. The maximum absolute atomic E-state index is 12.6. The first-order chi connectivity index (χ1) is 16.7. The molecule has 4 rings (SSSR count). The number of rotatable bonds is 7. The lowest BCUT2D eigenvalue weighted by Crippen LogP contribution is -2.17. The number of carbonyl (C=O) groups excluding carboxylic acids is 1. The Balaban J connectivity index is 1.48. The minimum Gasteiger partial charge on any atom is -0.441 e. The second kappa shape index (κ2) is 10.2. The van der Waals surface area contributed by atoms with Gasteiger partial charge in [-0.25, -0.2) is 13.2 Å². The zero-order chi connectivity index (χ0) is 25.0. The van der Waals surface area contributed by atoms with Crippen molar-refractivity contribution >= 4 is 39.1 Å². The van der Waals surface area contributed by atoms with Gasteiger partial charge < -0.3 is 9.26 Å². The number of hydrogen-bond acceptors (Lipinski definition) is 6. The van der Waals surface area contributed by atoms with Crippen LogP contribution in [0.15, 0.2) is 88.3 Å². The van der Waals surface area contributed by atoms with E-state index >= 15 is 0 Å². The Labute approximate surface area is 207 Å². The van der Waals surface area contributed by atoms with Crippen molar-refractivity contribution in [3.8, 4) is 11.3 Å². The summed E-state index contributed by atoms with van der Waals surface area (Å²) in [5.74, 6) is 0.308.